The molecule has 5 heteroatoms. The van der Waals surface area contributed by atoms with Gasteiger partial charge in [0.1, 0.15) is 0 Å². The molecule has 0 bridgehead atoms. The molecule has 4 nitrogen and oxygen atoms in total. The predicted molar refractivity (Wildman–Crippen MR) is 91.1 cm³/mol. The molecule has 1 atom stereocenters. The summed E-state index contributed by atoms with van der Waals surface area (Å²) in [5, 5.41) is 4.77. The lowest BCUT2D eigenvalue weighted by atomic mass is 10.1. The van der Waals surface area contributed by atoms with Crippen molar-refractivity contribution < 1.29 is 0 Å². The highest BCUT2D eigenvalue weighted by atomic mass is 32.1. The predicted octanol–water partition coefficient (Wildman–Crippen LogP) is 1.99. The second-order valence-electron chi connectivity index (χ2n) is 6.11. The molecule has 1 aliphatic heterocycles. The summed E-state index contributed by atoms with van der Waals surface area (Å²) in [5.74, 6) is 0. The molecule has 120 valence electrons. The van der Waals surface area contributed by atoms with E-state index in [-0.39, 0.29) is 0 Å². The number of nitrogens with one attached hydrogen (secondary N) is 1. The first-order chi connectivity index (χ1) is 10.1. The van der Waals surface area contributed by atoms with Gasteiger partial charge < -0.3 is 15.1 Å². The Kier molecular flexibility index (Phi) is 6.61. The number of thiazole rings is 1. The number of aryl methyl sites for hydroxylation is 1. The molecule has 1 aromatic rings. The molecule has 1 aromatic heterocycles. The summed E-state index contributed by atoms with van der Waals surface area (Å²) in [6.45, 7) is 9.89. The first-order valence-corrected chi connectivity index (χ1v) is 9.02. The first-order valence-electron chi connectivity index (χ1n) is 8.21. The Labute approximate surface area is 133 Å². The van der Waals surface area contributed by atoms with Crippen molar-refractivity contribution in [3.63, 3.8) is 0 Å². The summed E-state index contributed by atoms with van der Waals surface area (Å²) in [5.41, 5.74) is 1.32. The van der Waals surface area contributed by atoms with Crippen LogP contribution in [0.25, 0.3) is 0 Å². The molecule has 1 saturated heterocycles. The fourth-order valence-corrected chi connectivity index (χ4v) is 4.01. The Bertz CT molecular complexity index is 432. The lowest BCUT2D eigenvalue weighted by molar-refractivity contribution is 0.114. The second-order valence-corrected chi connectivity index (χ2v) is 7.28. The smallest absolute Gasteiger partial charge is 0.0947 e. The molecule has 2 heterocycles. The van der Waals surface area contributed by atoms with Crippen LogP contribution in [0.1, 0.15) is 35.8 Å². The highest BCUT2D eigenvalue weighted by Gasteiger charge is 2.24. The molecular formula is C16H30N4S. The number of rotatable bonds is 7. The van der Waals surface area contributed by atoms with Gasteiger partial charge in [0.2, 0.25) is 0 Å². The number of aromatic nitrogens is 1. The van der Waals surface area contributed by atoms with E-state index in [1.165, 1.54) is 35.1 Å². The van der Waals surface area contributed by atoms with Crippen molar-refractivity contribution >= 4 is 11.3 Å². The number of hydrogen-bond acceptors (Lipinski definition) is 5. The Balaban J connectivity index is 2.04. The van der Waals surface area contributed by atoms with E-state index in [1.54, 1.807) is 0 Å². The fourth-order valence-electron chi connectivity index (χ4n) is 2.86. The SMILES string of the molecule is CCCc1nc(CC2CN(C)CCN2C)sc1CNCC. The molecule has 0 amide bonds. The largest absolute Gasteiger partial charge is 0.312 e. The van der Waals surface area contributed by atoms with Crippen molar-refractivity contribution in [3.8, 4) is 0 Å². The van der Waals surface area contributed by atoms with Crippen LogP contribution >= 0.6 is 11.3 Å². The zero-order valence-electron chi connectivity index (χ0n) is 14.0. The maximum Gasteiger partial charge on any atom is 0.0947 e. The summed E-state index contributed by atoms with van der Waals surface area (Å²) in [7, 11) is 4.47. The topological polar surface area (TPSA) is 31.4 Å². The number of likely N-dealkylation sites (N-methyl/N-ethyl adjacent to an activating group) is 2. The molecule has 0 saturated carbocycles. The van der Waals surface area contributed by atoms with Gasteiger partial charge >= 0.3 is 0 Å². The lowest BCUT2D eigenvalue weighted by Crippen LogP contribution is -2.50. The molecule has 21 heavy (non-hydrogen) atoms. The monoisotopic (exact) mass is 310 g/mol. The van der Waals surface area contributed by atoms with E-state index >= 15 is 0 Å². The van der Waals surface area contributed by atoms with Gasteiger partial charge in [0.05, 0.1) is 10.7 Å². The third-order valence-corrected chi connectivity index (χ3v) is 5.36. The van der Waals surface area contributed by atoms with E-state index in [4.69, 9.17) is 4.98 Å². The molecular weight excluding hydrogens is 280 g/mol. The van der Waals surface area contributed by atoms with Crippen LogP contribution in [-0.4, -0.2) is 61.1 Å². The van der Waals surface area contributed by atoms with Crippen LogP contribution in [0.2, 0.25) is 0 Å². The highest BCUT2D eigenvalue weighted by Crippen LogP contribution is 2.23. The third kappa shape index (κ3) is 4.74. The summed E-state index contributed by atoms with van der Waals surface area (Å²) in [4.78, 5) is 11.3. The summed E-state index contributed by atoms with van der Waals surface area (Å²) >= 11 is 1.92. The van der Waals surface area contributed by atoms with E-state index in [1.807, 2.05) is 11.3 Å². The number of piperazine rings is 1. The highest BCUT2D eigenvalue weighted by molar-refractivity contribution is 7.11. The summed E-state index contributed by atoms with van der Waals surface area (Å²) in [6.07, 6.45) is 3.38. The number of hydrogen-bond donors (Lipinski definition) is 1. The van der Waals surface area contributed by atoms with Gasteiger partial charge in [-0.3, -0.25) is 0 Å². The quantitative estimate of drug-likeness (QED) is 0.834. The Hall–Kier alpha value is -0.490. The molecule has 0 aromatic carbocycles. The average Bonchev–Trinajstić information content (AvgIpc) is 2.83. The van der Waals surface area contributed by atoms with Crippen LogP contribution in [0, 0.1) is 0 Å². The van der Waals surface area contributed by atoms with Gasteiger partial charge in [0.25, 0.3) is 0 Å². The molecule has 0 aliphatic carbocycles. The van der Waals surface area contributed by atoms with Crippen molar-refractivity contribution in [2.75, 3.05) is 40.3 Å². The van der Waals surface area contributed by atoms with Gasteiger partial charge in [-0.25, -0.2) is 4.98 Å². The van der Waals surface area contributed by atoms with Crippen LogP contribution < -0.4 is 5.32 Å². The maximum atomic E-state index is 4.94. The minimum absolute atomic E-state index is 0.608. The van der Waals surface area contributed by atoms with Crippen molar-refractivity contribution in [2.24, 2.45) is 0 Å². The second kappa shape index (κ2) is 8.22. The standard InChI is InChI=1S/C16H30N4S/c1-5-7-14-15(11-17-6-2)21-16(18-14)10-13-12-19(3)8-9-20(13)4/h13,17H,5-12H2,1-4H3. The van der Waals surface area contributed by atoms with Crippen molar-refractivity contribution in [2.45, 2.75) is 45.7 Å². The van der Waals surface area contributed by atoms with Gasteiger partial charge in [0, 0.05) is 43.5 Å². The Morgan fingerprint density at radius 1 is 1.29 bits per heavy atom. The van der Waals surface area contributed by atoms with E-state index in [0.717, 1.165) is 32.5 Å². The van der Waals surface area contributed by atoms with Gasteiger partial charge in [-0.2, -0.15) is 0 Å². The van der Waals surface area contributed by atoms with E-state index in [2.05, 4.69) is 43.1 Å². The normalized spacial score (nSPS) is 21.0. The first kappa shape index (κ1) is 16.9. The molecule has 1 unspecified atom stereocenters. The van der Waals surface area contributed by atoms with Gasteiger partial charge in [-0.15, -0.1) is 11.3 Å². The zero-order chi connectivity index (χ0) is 15.2. The lowest BCUT2D eigenvalue weighted by Gasteiger charge is -2.37. The van der Waals surface area contributed by atoms with Gasteiger partial charge in [-0.1, -0.05) is 20.3 Å². The summed E-state index contributed by atoms with van der Waals surface area (Å²) in [6, 6.07) is 0.608. The van der Waals surface area contributed by atoms with Crippen LogP contribution in [0.5, 0.6) is 0 Å². The minimum Gasteiger partial charge on any atom is -0.312 e. The Morgan fingerprint density at radius 2 is 2.10 bits per heavy atom. The third-order valence-electron chi connectivity index (χ3n) is 4.24. The molecule has 1 aliphatic rings. The van der Waals surface area contributed by atoms with Crippen LogP contribution in [0.3, 0.4) is 0 Å². The molecule has 1 N–H and O–H groups in total. The van der Waals surface area contributed by atoms with Crippen molar-refractivity contribution in [1.82, 2.24) is 20.1 Å². The fraction of sp³-hybridized carbons (Fsp3) is 0.812. The average molecular weight is 311 g/mol. The zero-order valence-corrected chi connectivity index (χ0v) is 14.8. The van der Waals surface area contributed by atoms with Crippen LogP contribution in [0.4, 0.5) is 0 Å². The summed E-state index contributed by atoms with van der Waals surface area (Å²) < 4.78 is 0. The Morgan fingerprint density at radius 3 is 2.81 bits per heavy atom. The molecule has 0 spiro atoms. The van der Waals surface area contributed by atoms with Crippen molar-refractivity contribution in [3.05, 3.63) is 15.6 Å². The van der Waals surface area contributed by atoms with Gasteiger partial charge in [-0.05, 0) is 27.1 Å². The molecule has 1 fully saturated rings. The van der Waals surface area contributed by atoms with Crippen LogP contribution in [-0.2, 0) is 19.4 Å². The number of nitrogens with zero attached hydrogens (tertiary/aromatic N) is 3. The van der Waals surface area contributed by atoms with E-state index in [0.29, 0.717) is 6.04 Å². The maximum absolute atomic E-state index is 4.94. The molecule has 0 radical (unpaired) electrons. The minimum atomic E-state index is 0.608. The van der Waals surface area contributed by atoms with E-state index in [9.17, 15) is 0 Å². The molecule has 2 rings (SSSR count). The van der Waals surface area contributed by atoms with E-state index < -0.39 is 0 Å². The van der Waals surface area contributed by atoms with Crippen molar-refractivity contribution in [1.29, 1.82) is 0 Å². The van der Waals surface area contributed by atoms with Crippen LogP contribution in [0.15, 0.2) is 0 Å². The van der Waals surface area contributed by atoms with Gasteiger partial charge in [0.15, 0.2) is 0 Å².